The van der Waals surface area contributed by atoms with Gasteiger partial charge in [0.25, 0.3) is 0 Å². The van der Waals surface area contributed by atoms with Crippen molar-refractivity contribution in [2.75, 3.05) is 6.54 Å². The predicted molar refractivity (Wildman–Crippen MR) is 60.3 cm³/mol. The van der Waals surface area contributed by atoms with E-state index in [0.29, 0.717) is 25.0 Å². The topological polar surface area (TPSA) is 59.4 Å². The van der Waals surface area contributed by atoms with Crippen LogP contribution < -0.4 is 0 Å². The molecule has 5 heteroatoms. The molecular weight excluding hydrogens is 220 g/mol. The highest BCUT2D eigenvalue weighted by molar-refractivity contribution is 6.04. The van der Waals surface area contributed by atoms with Gasteiger partial charge in [-0.25, -0.2) is 0 Å². The van der Waals surface area contributed by atoms with Gasteiger partial charge in [-0.1, -0.05) is 0 Å². The van der Waals surface area contributed by atoms with Crippen molar-refractivity contribution in [3.63, 3.8) is 0 Å². The minimum absolute atomic E-state index is 0.143. The number of aromatic nitrogens is 1. The normalized spacial score (nSPS) is 16.4. The summed E-state index contributed by atoms with van der Waals surface area (Å²) in [5.41, 5.74) is 0.510. The summed E-state index contributed by atoms with van der Waals surface area (Å²) in [6.07, 6.45) is 3.05. The summed E-state index contributed by atoms with van der Waals surface area (Å²) in [6.45, 7) is -0.143. The third-order valence-corrected chi connectivity index (χ3v) is 2.91. The van der Waals surface area contributed by atoms with Gasteiger partial charge in [-0.05, 0) is 18.6 Å². The number of nitrogens with zero attached hydrogens (tertiary/aromatic N) is 2. The van der Waals surface area contributed by atoms with Crippen LogP contribution in [0.5, 0.6) is 0 Å². The molecule has 1 fully saturated rings. The Morgan fingerprint density at radius 3 is 2.47 bits per heavy atom. The lowest BCUT2D eigenvalue weighted by Gasteiger charge is -2.24. The fourth-order valence-electron chi connectivity index (χ4n) is 1.95. The molecule has 1 aromatic heterocycles. The molecule has 0 saturated carbocycles. The molecule has 0 unspecified atom stereocenters. The first kappa shape index (κ1) is 11.6. The molecule has 0 radical (unpaired) electrons. The number of rotatable bonds is 3. The van der Waals surface area contributed by atoms with Crippen LogP contribution in [-0.2, 0) is 16.6 Å². The number of imide groups is 1. The summed E-state index contributed by atoms with van der Waals surface area (Å²) in [7, 11) is 1.76. The number of Topliss-reactive ketones (excluding diaryl/α,β-unsaturated/α-hetero) is 1. The quantitative estimate of drug-likeness (QED) is 0.572. The average molecular weight is 234 g/mol. The molecule has 0 atom stereocenters. The van der Waals surface area contributed by atoms with E-state index in [1.165, 1.54) is 0 Å². The monoisotopic (exact) mass is 234 g/mol. The van der Waals surface area contributed by atoms with Gasteiger partial charge in [0, 0.05) is 26.1 Å². The van der Waals surface area contributed by atoms with Crippen molar-refractivity contribution in [3.8, 4) is 0 Å². The highest BCUT2D eigenvalue weighted by atomic mass is 16.2. The second kappa shape index (κ2) is 4.53. The second-order valence-corrected chi connectivity index (χ2v) is 4.15. The Balaban J connectivity index is 2.10. The minimum Gasteiger partial charge on any atom is -0.348 e. The third-order valence-electron chi connectivity index (χ3n) is 2.91. The largest absolute Gasteiger partial charge is 0.348 e. The number of aryl methyl sites for hydroxylation is 1. The highest BCUT2D eigenvalue weighted by Crippen LogP contribution is 2.13. The molecule has 0 N–H and O–H groups in total. The third kappa shape index (κ3) is 2.27. The Hall–Kier alpha value is -1.91. The maximum atomic E-state index is 11.9. The molecule has 1 saturated heterocycles. The van der Waals surface area contributed by atoms with Gasteiger partial charge in [0.1, 0.15) is 0 Å². The van der Waals surface area contributed by atoms with Gasteiger partial charge < -0.3 is 4.57 Å². The molecule has 2 rings (SSSR count). The van der Waals surface area contributed by atoms with Crippen molar-refractivity contribution in [1.29, 1.82) is 0 Å². The summed E-state index contributed by atoms with van der Waals surface area (Å²) in [5.74, 6) is -0.700. The first-order valence-electron chi connectivity index (χ1n) is 5.57. The van der Waals surface area contributed by atoms with Gasteiger partial charge >= 0.3 is 0 Å². The molecule has 5 nitrogen and oxygen atoms in total. The zero-order valence-electron chi connectivity index (χ0n) is 9.68. The maximum Gasteiger partial charge on any atom is 0.229 e. The summed E-state index contributed by atoms with van der Waals surface area (Å²) < 4.78 is 1.68. The maximum absolute atomic E-state index is 11.9. The van der Waals surface area contributed by atoms with Gasteiger partial charge in [0.15, 0.2) is 5.78 Å². The lowest BCUT2D eigenvalue weighted by atomic mass is 10.1. The van der Waals surface area contributed by atoms with Crippen LogP contribution in [-0.4, -0.2) is 33.6 Å². The molecule has 0 aromatic carbocycles. The van der Waals surface area contributed by atoms with Crippen molar-refractivity contribution in [2.45, 2.75) is 19.3 Å². The molecular formula is C12H14N2O3. The first-order valence-corrected chi connectivity index (χ1v) is 5.57. The van der Waals surface area contributed by atoms with Crippen molar-refractivity contribution >= 4 is 17.6 Å². The van der Waals surface area contributed by atoms with E-state index in [1.54, 1.807) is 29.9 Å². The van der Waals surface area contributed by atoms with Gasteiger partial charge in [-0.2, -0.15) is 0 Å². The number of amides is 2. The van der Waals surface area contributed by atoms with Crippen LogP contribution in [0.3, 0.4) is 0 Å². The van der Waals surface area contributed by atoms with Crippen molar-refractivity contribution in [1.82, 2.24) is 9.47 Å². The Bertz CT molecular complexity index is 460. The first-order chi connectivity index (χ1) is 8.09. The molecule has 2 heterocycles. The Morgan fingerprint density at radius 2 is 1.94 bits per heavy atom. The zero-order valence-corrected chi connectivity index (χ0v) is 9.68. The van der Waals surface area contributed by atoms with Crippen LogP contribution in [0.1, 0.15) is 29.8 Å². The van der Waals surface area contributed by atoms with Crippen molar-refractivity contribution < 1.29 is 14.4 Å². The fraction of sp³-hybridized carbons (Fsp3) is 0.417. The van der Waals surface area contributed by atoms with Gasteiger partial charge in [0.2, 0.25) is 11.8 Å². The standard InChI is InChI=1S/C12H14N2O3/c1-13-7-3-4-9(13)10(15)8-14-11(16)5-2-6-12(14)17/h3-4,7H,2,5-6,8H2,1H3. The van der Waals surface area contributed by atoms with Crippen LogP contribution in [0.25, 0.3) is 0 Å². The summed E-state index contributed by atoms with van der Waals surface area (Å²) >= 11 is 0. The number of carbonyl (C=O) groups excluding carboxylic acids is 3. The van der Waals surface area contributed by atoms with Crippen LogP contribution in [0.4, 0.5) is 0 Å². The predicted octanol–water partition coefficient (Wildman–Crippen LogP) is 0.747. The van der Waals surface area contributed by atoms with Crippen LogP contribution >= 0.6 is 0 Å². The van der Waals surface area contributed by atoms with Crippen LogP contribution in [0.2, 0.25) is 0 Å². The lowest BCUT2D eigenvalue weighted by Crippen LogP contribution is -2.43. The lowest BCUT2D eigenvalue weighted by molar-refractivity contribution is -0.147. The Morgan fingerprint density at radius 1 is 1.29 bits per heavy atom. The number of carbonyl (C=O) groups is 3. The van der Waals surface area contributed by atoms with E-state index in [1.807, 2.05) is 0 Å². The number of ketones is 1. The minimum atomic E-state index is -0.246. The fourth-order valence-corrected chi connectivity index (χ4v) is 1.95. The Labute approximate surface area is 99.0 Å². The number of hydrogen-bond acceptors (Lipinski definition) is 3. The van der Waals surface area contributed by atoms with Crippen LogP contribution in [0, 0.1) is 0 Å². The van der Waals surface area contributed by atoms with Crippen LogP contribution in [0.15, 0.2) is 18.3 Å². The van der Waals surface area contributed by atoms with E-state index in [-0.39, 0.29) is 24.1 Å². The molecule has 1 aromatic rings. The number of hydrogen-bond donors (Lipinski definition) is 0. The second-order valence-electron chi connectivity index (χ2n) is 4.15. The van der Waals surface area contributed by atoms with Crippen molar-refractivity contribution in [3.05, 3.63) is 24.0 Å². The molecule has 1 aliphatic heterocycles. The highest BCUT2D eigenvalue weighted by Gasteiger charge is 2.28. The summed E-state index contributed by atoms with van der Waals surface area (Å²) in [4.78, 5) is 36.1. The molecule has 17 heavy (non-hydrogen) atoms. The zero-order chi connectivity index (χ0) is 12.4. The van der Waals surface area contributed by atoms with Gasteiger partial charge in [0.05, 0.1) is 12.2 Å². The molecule has 0 bridgehead atoms. The van der Waals surface area contributed by atoms with Crippen molar-refractivity contribution in [2.24, 2.45) is 7.05 Å². The van der Waals surface area contributed by atoms with E-state index < -0.39 is 0 Å². The van der Waals surface area contributed by atoms with Gasteiger partial charge in [-0.3, -0.25) is 19.3 Å². The molecule has 90 valence electrons. The average Bonchev–Trinajstić information content (AvgIpc) is 2.70. The van der Waals surface area contributed by atoms with Gasteiger partial charge in [-0.15, -0.1) is 0 Å². The number of likely N-dealkylation sites (tertiary alicyclic amines) is 1. The van der Waals surface area contributed by atoms with E-state index in [9.17, 15) is 14.4 Å². The molecule has 0 aliphatic carbocycles. The van der Waals surface area contributed by atoms with E-state index in [4.69, 9.17) is 0 Å². The number of piperidine rings is 1. The summed E-state index contributed by atoms with van der Waals surface area (Å²) in [5, 5.41) is 0. The Kier molecular flexibility index (Phi) is 3.08. The molecule has 1 aliphatic rings. The van der Waals surface area contributed by atoms with E-state index in [2.05, 4.69) is 0 Å². The SMILES string of the molecule is Cn1cccc1C(=O)CN1C(=O)CCCC1=O. The smallest absolute Gasteiger partial charge is 0.229 e. The van der Waals surface area contributed by atoms with E-state index >= 15 is 0 Å². The summed E-state index contributed by atoms with van der Waals surface area (Å²) in [6, 6.07) is 3.44. The molecule has 0 spiro atoms. The molecule has 2 amide bonds. The van der Waals surface area contributed by atoms with E-state index in [0.717, 1.165) is 4.90 Å².